The lowest BCUT2D eigenvalue weighted by Gasteiger charge is -2.29. The second-order valence-corrected chi connectivity index (χ2v) is 5.88. The van der Waals surface area contributed by atoms with Crippen molar-refractivity contribution in [1.29, 1.82) is 0 Å². The van der Waals surface area contributed by atoms with Crippen LogP contribution in [0.1, 0.15) is 61.1 Å². The Bertz CT molecular complexity index is 380. The molecule has 0 heterocycles. The van der Waals surface area contributed by atoms with Crippen LogP contribution >= 0.6 is 0 Å². The molecule has 0 unspecified atom stereocenters. The van der Waals surface area contributed by atoms with Gasteiger partial charge in [-0.25, -0.2) is 0 Å². The molecule has 98 valence electrons. The van der Waals surface area contributed by atoms with Gasteiger partial charge < -0.3 is 4.79 Å². The van der Waals surface area contributed by atoms with Crippen LogP contribution < -0.4 is 0 Å². The molecule has 1 saturated carbocycles. The Labute approximate surface area is 111 Å². The van der Waals surface area contributed by atoms with E-state index in [0.29, 0.717) is 0 Å². The lowest BCUT2D eigenvalue weighted by atomic mass is 9.77. The number of carbonyl (C=O) groups is 1. The molecule has 0 bridgehead atoms. The van der Waals surface area contributed by atoms with Gasteiger partial charge in [-0.3, -0.25) is 0 Å². The molecule has 1 fully saturated rings. The van der Waals surface area contributed by atoms with Gasteiger partial charge in [-0.2, -0.15) is 0 Å². The minimum atomic E-state index is 0.746. The molecule has 0 spiro atoms. The first-order valence-electron chi connectivity index (χ1n) is 7.21. The fourth-order valence-corrected chi connectivity index (χ4v) is 3.33. The molecule has 0 aromatic heterocycles. The Balaban J connectivity index is 1.94. The van der Waals surface area contributed by atoms with Gasteiger partial charge in [0, 0.05) is 6.42 Å². The highest BCUT2D eigenvalue weighted by atomic mass is 16.1. The number of rotatable bonds is 4. The molecule has 18 heavy (non-hydrogen) atoms. The van der Waals surface area contributed by atoms with E-state index in [1.54, 1.807) is 0 Å². The first kappa shape index (κ1) is 13.3. The predicted molar refractivity (Wildman–Crippen MR) is 75.9 cm³/mol. The maximum Gasteiger partial charge on any atom is 0.120 e. The van der Waals surface area contributed by atoms with E-state index in [4.69, 9.17) is 0 Å². The number of aldehydes is 1. The first-order valence-corrected chi connectivity index (χ1v) is 7.21. The van der Waals surface area contributed by atoms with E-state index in [1.165, 1.54) is 42.4 Å². The molecule has 1 heteroatoms. The van der Waals surface area contributed by atoms with Crippen molar-refractivity contribution >= 4 is 6.29 Å². The minimum Gasteiger partial charge on any atom is -0.303 e. The highest BCUT2D eigenvalue weighted by Crippen LogP contribution is 2.37. The molecule has 0 saturated heterocycles. The number of hydrogen-bond acceptors (Lipinski definition) is 1. The summed E-state index contributed by atoms with van der Waals surface area (Å²) in [5.41, 5.74) is 4.29. The van der Waals surface area contributed by atoms with Gasteiger partial charge in [-0.05, 0) is 63.4 Å². The van der Waals surface area contributed by atoms with Gasteiger partial charge in [0.1, 0.15) is 6.29 Å². The number of benzene rings is 1. The monoisotopic (exact) mass is 244 g/mol. The first-order chi connectivity index (χ1) is 8.69. The van der Waals surface area contributed by atoms with Gasteiger partial charge in [-0.1, -0.05) is 29.3 Å². The third kappa shape index (κ3) is 3.44. The standard InChI is InChI=1S/C17H24O/c1-13-10-14(2)12-17(11-13)16-7-5-15(6-8-16)4-3-9-18/h9-12,15-16H,3-8H2,1-2H3. The molecule has 1 nitrogen and oxygen atoms in total. The van der Waals surface area contributed by atoms with Crippen LogP contribution in [0.15, 0.2) is 18.2 Å². The van der Waals surface area contributed by atoms with Gasteiger partial charge in [-0.15, -0.1) is 0 Å². The number of carbonyl (C=O) groups excluding carboxylic acids is 1. The fourth-order valence-electron chi connectivity index (χ4n) is 3.33. The zero-order valence-corrected chi connectivity index (χ0v) is 11.6. The van der Waals surface area contributed by atoms with E-state index in [9.17, 15) is 4.79 Å². The Hall–Kier alpha value is -1.11. The van der Waals surface area contributed by atoms with Crippen molar-refractivity contribution in [2.45, 2.75) is 58.3 Å². The predicted octanol–water partition coefficient (Wildman–Crippen LogP) is 4.56. The maximum absolute atomic E-state index is 10.4. The Morgan fingerprint density at radius 2 is 1.67 bits per heavy atom. The van der Waals surface area contributed by atoms with Crippen LogP contribution in [-0.2, 0) is 4.79 Å². The van der Waals surface area contributed by atoms with E-state index < -0.39 is 0 Å². The van der Waals surface area contributed by atoms with Crippen LogP contribution in [0.25, 0.3) is 0 Å². The third-order valence-electron chi connectivity index (χ3n) is 4.25. The van der Waals surface area contributed by atoms with Crippen LogP contribution in [0, 0.1) is 19.8 Å². The van der Waals surface area contributed by atoms with Crippen molar-refractivity contribution in [3.63, 3.8) is 0 Å². The van der Waals surface area contributed by atoms with Crippen LogP contribution in [0.4, 0.5) is 0 Å². The second kappa shape index (κ2) is 6.17. The minimum absolute atomic E-state index is 0.746. The fraction of sp³-hybridized carbons (Fsp3) is 0.588. The zero-order chi connectivity index (χ0) is 13.0. The second-order valence-electron chi connectivity index (χ2n) is 5.88. The van der Waals surface area contributed by atoms with E-state index in [-0.39, 0.29) is 0 Å². The van der Waals surface area contributed by atoms with Crippen LogP contribution in [0.5, 0.6) is 0 Å². The smallest absolute Gasteiger partial charge is 0.120 e. The normalized spacial score (nSPS) is 23.9. The van der Waals surface area contributed by atoms with Crippen LogP contribution in [0.3, 0.4) is 0 Å². The van der Waals surface area contributed by atoms with E-state index in [1.807, 2.05) is 0 Å². The highest BCUT2D eigenvalue weighted by Gasteiger charge is 2.22. The number of hydrogen-bond donors (Lipinski definition) is 0. The molecule has 0 atom stereocenters. The van der Waals surface area contributed by atoms with Gasteiger partial charge in [0.25, 0.3) is 0 Å². The Morgan fingerprint density at radius 3 is 2.22 bits per heavy atom. The van der Waals surface area contributed by atoms with Gasteiger partial charge in [0.15, 0.2) is 0 Å². The van der Waals surface area contributed by atoms with Crippen molar-refractivity contribution in [3.8, 4) is 0 Å². The van der Waals surface area contributed by atoms with E-state index in [2.05, 4.69) is 32.0 Å². The van der Waals surface area contributed by atoms with Gasteiger partial charge >= 0.3 is 0 Å². The summed E-state index contributed by atoms with van der Waals surface area (Å²) in [6.07, 6.45) is 8.10. The van der Waals surface area contributed by atoms with E-state index >= 15 is 0 Å². The summed E-state index contributed by atoms with van der Waals surface area (Å²) in [5.74, 6) is 1.54. The summed E-state index contributed by atoms with van der Waals surface area (Å²) < 4.78 is 0. The van der Waals surface area contributed by atoms with E-state index in [0.717, 1.165) is 31.0 Å². The van der Waals surface area contributed by atoms with Crippen molar-refractivity contribution in [2.24, 2.45) is 5.92 Å². The summed E-state index contributed by atoms with van der Waals surface area (Å²) in [6.45, 7) is 4.37. The summed E-state index contributed by atoms with van der Waals surface area (Å²) in [7, 11) is 0. The van der Waals surface area contributed by atoms with Gasteiger partial charge in [0.05, 0.1) is 0 Å². The van der Waals surface area contributed by atoms with Crippen LogP contribution in [0.2, 0.25) is 0 Å². The third-order valence-corrected chi connectivity index (χ3v) is 4.25. The molecule has 1 aliphatic carbocycles. The molecular formula is C17H24O. The molecule has 0 radical (unpaired) electrons. The SMILES string of the molecule is Cc1cc(C)cc(C2CCC(CCC=O)CC2)c1. The molecule has 1 aliphatic rings. The largest absolute Gasteiger partial charge is 0.303 e. The molecule has 0 aliphatic heterocycles. The Kier molecular flexibility index (Phi) is 4.57. The van der Waals surface area contributed by atoms with Crippen molar-refractivity contribution < 1.29 is 4.79 Å². The maximum atomic E-state index is 10.4. The van der Waals surface area contributed by atoms with Crippen LogP contribution in [-0.4, -0.2) is 6.29 Å². The summed E-state index contributed by atoms with van der Waals surface area (Å²) in [4.78, 5) is 10.4. The highest BCUT2D eigenvalue weighted by molar-refractivity contribution is 5.49. The molecule has 0 N–H and O–H groups in total. The molecule has 2 rings (SSSR count). The summed E-state index contributed by atoms with van der Waals surface area (Å²) in [6, 6.07) is 6.95. The lowest BCUT2D eigenvalue weighted by Crippen LogP contribution is -2.13. The summed E-state index contributed by atoms with van der Waals surface area (Å²) in [5, 5.41) is 0. The molecular weight excluding hydrogens is 220 g/mol. The average Bonchev–Trinajstić information content (AvgIpc) is 2.36. The van der Waals surface area contributed by atoms with Crippen molar-refractivity contribution in [2.75, 3.05) is 0 Å². The number of aryl methyl sites for hydroxylation is 2. The molecule has 1 aromatic carbocycles. The average molecular weight is 244 g/mol. The van der Waals surface area contributed by atoms with Crippen molar-refractivity contribution in [3.05, 3.63) is 34.9 Å². The lowest BCUT2D eigenvalue weighted by molar-refractivity contribution is -0.108. The Morgan fingerprint density at radius 1 is 1.06 bits per heavy atom. The van der Waals surface area contributed by atoms with Crippen molar-refractivity contribution in [1.82, 2.24) is 0 Å². The quantitative estimate of drug-likeness (QED) is 0.710. The molecule has 0 amide bonds. The van der Waals surface area contributed by atoms with Gasteiger partial charge in [0.2, 0.25) is 0 Å². The summed E-state index contributed by atoms with van der Waals surface area (Å²) >= 11 is 0. The zero-order valence-electron chi connectivity index (χ0n) is 11.6. The topological polar surface area (TPSA) is 17.1 Å². The molecule has 1 aromatic rings.